The van der Waals surface area contributed by atoms with Gasteiger partial charge < -0.3 is 4.74 Å². The molecule has 0 amide bonds. The average Bonchev–Trinajstić information content (AvgIpc) is 2.73. The van der Waals surface area contributed by atoms with Crippen molar-refractivity contribution in [1.29, 1.82) is 0 Å². The molecule has 0 aliphatic rings. The molecule has 3 rings (SSSR count). The standard InChI is InChI=1S/C22H19NO4S/c1-27-20-8-12-22(13-9-20)28(25,26)21-10-5-17(6-11-21)15-19(24)7-4-18-3-2-14-23-16-18/h2-14,16H,15H2,1H3/b7-4+. The second-order valence-electron chi connectivity index (χ2n) is 6.09. The van der Waals surface area contributed by atoms with E-state index in [9.17, 15) is 13.2 Å². The smallest absolute Gasteiger partial charge is 0.206 e. The molecule has 0 saturated heterocycles. The highest BCUT2D eigenvalue weighted by Crippen LogP contribution is 2.23. The average molecular weight is 393 g/mol. The van der Waals surface area contributed by atoms with E-state index in [1.165, 1.54) is 37.5 Å². The molecule has 0 aliphatic carbocycles. The number of ketones is 1. The molecule has 0 atom stereocenters. The van der Waals surface area contributed by atoms with Crippen LogP contribution in [0.1, 0.15) is 11.1 Å². The molecule has 1 heterocycles. The Balaban J connectivity index is 1.70. The molecular weight excluding hydrogens is 374 g/mol. The van der Waals surface area contributed by atoms with Gasteiger partial charge in [-0.25, -0.2) is 8.42 Å². The first-order valence-corrected chi connectivity index (χ1v) is 10.1. The quantitative estimate of drug-likeness (QED) is 0.572. The highest BCUT2D eigenvalue weighted by atomic mass is 32.2. The normalized spacial score (nSPS) is 11.5. The van der Waals surface area contributed by atoms with E-state index in [1.807, 2.05) is 6.07 Å². The minimum absolute atomic E-state index is 0.0744. The summed E-state index contributed by atoms with van der Waals surface area (Å²) in [7, 11) is -2.09. The molecular formula is C22H19NO4S. The molecule has 28 heavy (non-hydrogen) atoms. The van der Waals surface area contributed by atoms with Crippen LogP contribution in [0, 0.1) is 0 Å². The zero-order valence-corrected chi connectivity index (χ0v) is 16.1. The third kappa shape index (κ3) is 4.72. The van der Waals surface area contributed by atoms with Crippen molar-refractivity contribution in [3.05, 3.63) is 90.3 Å². The fourth-order valence-corrected chi connectivity index (χ4v) is 3.86. The molecule has 6 heteroatoms. The van der Waals surface area contributed by atoms with E-state index in [-0.39, 0.29) is 22.0 Å². The molecule has 0 bridgehead atoms. The van der Waals surface area contributed by atoms with Gasteiger partial charge in [-0.05, 0) is 65.7 Å². The summed E-state index contributed by atoms with van der Waals surface area (Å²) in [6, 6.07) is 16.2. The molecule has 0 unspecified atom stereocenters. The minimum atomic E-state index is -3.62. The lowest BCUT2D eigenvalue weighted by Gasteiger charge is -2.07. The predicted molar refractivity (Wildman–Crippen MR) is 107 cm³/mol. The summed E-state index contributed by atoms with van der Waals surface area (Å²) < 4.78 is 30.5. The van der Waals surface area contributed by atoms with Gasteiger partial charge in [0.1, 0.15) is 5.75 Å². The molecule has 3 aromatic rings. The highest BCUT2D eigenvalue weighted by molar-refractivity contribution is 7.91. The first kappa shape index (κ1) is 19.5. The van der Waals surface area contributed by atoms with Crippen LogP contribution in [-0.2, 0) is 21.1 Å². The maximum Gasteiger partial charge on any atom is 0.206 e. The van der Waals surface area contributed by atoms with Gasteiger partial charge in [-0.1, -0.05) is 18.2 Å². The lowest BCUT2D eigenvalue weighted by molar-refractivity contribution is -0.113. The van der Waals surface area contributed by atoms with E-state index in [4.69, 9.17) is 4.74 Å². The number of ether oxygens (including phenoxy) is 1. The summed E-state index contributed by atoms with van der Waals surface area (Å²) in [5.74, 6) is 0.516. The van der Waals surface area contributed by atoms with E-state index in [1.54, 1.807) is 48.8 Å². The molecule has 0 N–H and O–H groups in total. The second-order valence-corrected chi connectivity index (χ2v) is 8.04. The van der Waals surface area contributed by atoms with Gasteiger partial charge in [0.25, 0.3) is 0 Å². The van der Waals surface area contributed by atoms with Crippen molar-refractivity contribution in [3.8, 4) is 5.75 Å². The van der Waals surface area contributed by atoms with Crippen LogP contribution in [0.25, 0.3) is 6.08 Å². The zero-order valence-electron chi connectivity index (χ0n) is 15.3. The molecule has 0 fully saturated rings. The van der Waals surface area contributed by atoms with E-state index in [0.717, 1.165) is 11.1 Å². The maximum atomic E-state index is 12.7. The Labute approximate surface area is 164 Å². The molecule has 0 spiro atoms. The number of hydrogen-bond acceptors (Lipinski definition) is 5. The summed E-state index contributed by atoms with van der Waals surface area (Å²) in [5.41, 5.74) is 1.59. The molecule has 0 radical (unpaired) electrons. The van der Waals surface area contributed by atoms with Crippen LogP contribution >= 0.6 is 0 Å². The van der Waals surface area contributed by atoms with Crippen LogP contribution < -0.4 is 4.74 Å². The summed E-state index contributed by atoms with van der Waals surface area (Å²) in [6.07, 6.45) is 6.74. The molecule has 0 aliphatic heterocycles. The SMILES string of the molecule is COc1ccc(S(=O)(=O)c2ccc(CC(=O)/C=C/c3cccnc3)cc2)cc1. The summed E-state index contributed by atoms with van der Waals surface area (Å²) in [5, 5.41) is 0. The Morgan fingerprint density at radius 3 is 2.21 bits per heavy atom. The van der Waals surface area contributed by atoms with Crippen molar-refractivity contribution in [3.63, 3.8) is 0 Å². The van der Waals surface area contributed by atoms with Crippen molar-refractivity contribution in [2.24, 2.45) is 0 Å². The van der Waals surface area contributed by atoms with E-state index >= 15 is 0 Å². The Bertz CT molecular complexity index is 1070. The Morgan fingerprint density at radius 2 is 1.64 bits per heavy atom. The molecule has 2 aromatic carbocycles. The fraction of sp³-hybridized carbons (Fsp3) is 0.0909. The van der Waals surface area contributed by atoms with Gasteiger partial charge in [-0.2, -0.15) is 0 Å². The maximum absolute atomic E-state index is 12.7. The van der Waals surface area contributed by atoms with Crippen LogP contribution in [-0.4, -0.2) is 26.3 Å². The zero-order chi connectivity index (χ0) is 20.0. The van der Waals surface area contributed by atoms with Gasteiger partial charge in [0, 0.05) is 18.8 Å². The molecule has 5 nitrogen and oxygen atoms in total. The first-order chi connectivity index (χ1) is 13.5. The predicted octanol–water partition coefficient (Wildman–Crippen LogP) is 3.75. The molecule has 1 aromatic heterocycles. The number of aromatic nitrogens is 1. The Kier molecular flexibility index (Phi) is 6.01. The lowest BCUT2D eigenvalue weighted by atomic mass is 10.1. The number of rotatable bonds is 7. The lowest BCUT2D eigenvalue weighted by Crippen LogP contribution is -2.03. The largest absolute Gasteiger partial charge is 0.497 e. The number of hydrogen-bond donors (Lipinski definition) is 0. The fourth-order valence-electron chi connectivity index (χ4n) is 2.60. The van der Waals surface area contributed by atoms with E-state index in [0.29, 0.717) is 5.75 Å². The summed E-state index contributed by atoms with van der Waals surface area (Å²) in [4.78, 5) is 16.5. The van der Waals surface area contributed by atoms with Crippen LogP contribution in [0.4, 0.5) is 0 Å². The number of allylic oxidation sites excluding steroid dienone is 1. The number of carbonyl (C=O) groups excluding carboxylic acids is 1. The third-order valence-electron chi connectivity index (χ3n) is 4.13. The highest BCUT2D eigenvalue weighted by Gasteiger charge is 2.17. The van der Waals surface area contributed by atoms with Gasteiger partial charge in [0.2, 0.25) is 9.84 Å². The van der Waals surface area contributed by atoms with Gasteiger partial charge in [-0.15, -0.1) is 0 Å². The summed E-state index contributed by atoms with van der Waals surface area (Å²) >= 11 is 0. The Morgan fingerprint density at radius 1 is 1.00 bits per heavy atom. The number of methoxy groups -OCH3 is 1. The van der Waals surface area contributed by atoms with Crippen molar-refractivity contribution < 1.29 is 17.9 Å². The number of sulfone groups is 1. The number of nitrogens with zero attached hydrogens (tertiary/aromatic N) is 1. The van der Waals surface area contributed by atoms with Crippen LogP contribution in [0.5, 0.6) is 5.75 Å². The second kappa shape index (κ2) is 8.63. The van der Waals surface area contributed by atoms with Crippen molar-refractivity contribution >= 4 is 21.7 Å². The van der Waals surface area contributed by atoms with Crippen molar-refractivity contribution in [2.45, 2.75) is 16.2 Å². The monoisotopic (exact) mass is 393 g/mol. The van der Waals surface area contributed by atoms with E-state index < -0.39 is 9.84 Å². The van der Waals surface area contributed by atoms with Crippen LogP contribution in [0.3, 0.4) is 0 Å². The van der Waals surface area contributed by atoms with Crippen LogP contribution in [0.2, 0.25) is 0 Å². The van der Waals surface area contributed by atoms with Gasteiger partial charge in [0.15, 0.2) is 5.78 Å². The van der Waals surface area contributed by atoms with E-state index in [2.05, 4.69) is 4.98 Å². The van der Waals surface area contributed by atoms with Crippen molar-refractivity contribution in [2.75, 3.05) is 7.11 Å². The first-order valence-electron chi connectivity index (χ1n) is 8.58. The topological polar surface area (TPSA) is 73.3 Å². The molecule has 142 valence electrons. The van der Waals surface area contributed by atoms with Crippen LogP contribution in [0.15, 0.2) is 88.9 Å². The van der Waals surface area contributed by atoms with Gasteiger partial charge in [-0.3, -0.25) is 9.78 Å². The summed E-state index contributed by atoms with van der Waals surface area (Å²) in [6.45, 7) is 0. The number of carbonyl (C=O) groups is 1. The molecule has 0 saturated carbocycles. The minimum Gasteiger partial charge on any atom is -0.497 e. The number of pyridine rings is 1. The van der Waals surface area contributed by atoms with Crippen molar-refractivity contribution in [1.82, 2.24) is 4.98 Å². The third-order valence-corrected chi connectivity index (χ3v) is 5.91. The van der Waals surface area contributed by atoms with Gasteiger partial charge >= 0.3 is 0 Å². The number of benzene rings is 2. The van der Waals surface area contributed by atoms with Gasteiger partial charge in [0.05, 0.1) is 16.9 Å². The Hall–Kier alpha value is -3.25.